The molecule has 2 aromatic rings. The molecule has 1 unspecified atom stereocenters. The largest absolute Gasteiger partial charge is 0.480 e. The van der Waals surface area contributed by atoms with Crippen LogP contribution in [0.1, 0.15) is 44.7 Å². The quantitative estimate of drug-likeness (QED) is 0.610. The highest BCUT2D eigenvalue weighted by molar-refractivity contribution is 5.85. The van der Waals surface area contributed by atoms with Gasteiger partial charge in [-0.25, -0.2) is 9.59 Å². The molecule has 0 saturated heterocycles. The third kappa shape index (κ3) is 5.10. The Kier molecular flexibility index (Phi) is 6.87. The highest BCUT2D eigenvalue weighted by Gasteiger charge is 2.34. The summed E-state index contributed by atoms with van der Waals surface area (Å²) in [5.41, 5.74) is 3.90. The van der Waals surface area contributed by atoms with Crippen molar-refractivity contribution in [3.05, 3.63) is 59.7 Å². The third-order valence-corrected chi connectivity index (χ3v) is 5.74. The Morgan fingerprint density at radius 2 is 1.53 bits per heavy atom. The van der Waals surface area contributed by atoms with Gasteiger partial charge in [0, 0.05) is 12.5 Å². The van der Waals surface area contributed by atoms with Gasteiger partial charge in [-0.15, -0.1) is 0 Å². The third-order valence-electron chi connectivity index (χ3n) is 5.74. The van der Waals surface area contributed by atoms with E-state index in [0.29, 0.717) is 0 Å². The highest BCUT2D eigenvalue weighted by Crippen LogP contribution is 2.44. The summed E-state index contributed by atoms with van der Waals surface area (Å²) in [6.45, 7) is 7.08. The van der Waals surface area contributed by atoms with E-state index in [-0.39, 0.29) is 19.1 Å². The lowest BCUT2D eigenvalue weighted by Gasteiger charge is -2.28. The second kappa shape index (κ2) is 9.42. The Morgan fingerprint density at radius 1 is 1.00 bits per heavy atom. The number of alkyl carbamates (subject to hydrolysis) is 1. The topological polar surface area (TPSA) is 105 Å². The molecule has 0 bridgehead atoms. The van der Waals surface area contributed by atoms with E-state index in [1.807, 2.05) is 36.4 Å². The molecule has 0 saturated carbocycles. The maximum atomic E-state index is 12.4. The Bertz CT molecular complexity index is 966. The van der Waals surface area contributed by atoms with Crippen LogP contribution in [0.3, 0.4) is 0 Å². The SMILES string of the molecule is CC(CNC(=O)OCC1c2ccccc2-c2ccccc21)C(=O)N[C@H](C(=O)O)C(C)(C)C. The monoisotopic (exact) mass is 438 g/mol. The van der Waals surface area contributed by atoms with Gasteiger partial charge in [0.2, 0.25) is 5.91 Å². The Hall–Kier alpha value is -3.35. The highest BCUT2D eigenvalue weighted by atomic mass is 16.5. The Morgan fingerprint density at radius 3 is 2.03 bits per heavy atom. The van der Waals surface area contributed by atoms with Gasteiger partial charge in [-0.3, -0.25) is 4.79 Å². The van der Waals surface area contributed by atoms with E-state index in [1.54, 1.807) is 27.7 Å². The molecule has 7 heteroatoms. The molecule has 2 atom stereocenters. The van der Waals surface area contributed by atoms with Gasteiger partial charge in [0.15, 0.2) is 0 Å². The molecule has 170 valence electrons. The van der Waals surface area contributed by atoms with Gasteiger partial charge in [-0.05, 0) is 27.7 Å². The van der Waals surface area contributed by atoms with Crippen molar-refractivity contribution in [1.82, 2.24) is 10.6 Å². The first kappa shape index (κ1) is 23.3. The van der Waals surface area contributed by atoms with Crippen LogP contribution < -0.4 is 10.6 Å². The lowest BCUT2D eigenvalue weighted by molar-refractivity contribution is -0.145. The van der Waals surface area contributed by atoms with Crippen molar-refractivity contribution >= 4 is 18.0 Å². The first-order chi connectivity index (χ1) is 15.1. The van der Waals surface area contributed by atoms with Gasteiger partial charge < -0.3 is 20.5 Å². The van der Waals surface area contributed by atoms with Crippen molar-refractivity contribution in [1.29, 1.82) is 0 Å². The Balaban J connectivity index is 1.54. The fraction of sp³-hybridized carbons (Fsp3) is 0.400. The zero-order chi connectivity index (χ0) is 23.5. The van der Waals surface area contributed by atoms with Crippen LogP contribution in [0.25, 0.3) is 11.1 Å². The molecule has 0 aromatic heterocycles. The van der Waals surface area contributed by atoms with Crippen molar-refractivity contribution in [3.8, 4) is 11.1 Å². The minimum atomic E-state index is -1.09. The number of carboxylic acid groups (broad SMARTS) is 1. The van der Waals surface area contributed by atoms with Gasteiger partial charge >= 0.3 is 12.1 Å². The molecule has 3 rings (SSSR count). The van der Waals surface area contributed by atoms with Gasteiger partial charge in [-0.1, -0.05) is 76.2 Å². The number of rotatable bonds is 7. The molecule has 0 fully saturated rings. The van der Waals surface area contributed by atoms with Crippen molar-refractivity contribution in [3.63, 3.8) is 0 Å². The molecular formula is C25H30N2O5. The molecule has 2 aromatic carbocycles. The number of amides is 2. The van der Waals surface area contributed by atoms with Crippen LogP contribution in [0.2, 0.25) is 0 Å². The van der Waals surface area contributed by atoms with Crippen LogP contribution in [-0.2, 0) is 14.3 Å². The smallest absolute Gasteiger partial charge is 0.407 e. The number of benzene rings is 2. The van der Waals surface area contributed by atoms with E-state index >= 15 is 0 Å². The van der Waals surface area contributed by atoms with Crippen LogP contribution in [-0.4, -0.2) is 42.3 Å². The predicted octanol–water partition coefficient (Wildman–Crippen LogP) is 3.78. The number of hydrogen-bond donors (Lipinski definition) is 3. The van der Waals surface area contributed by atoms with Crippen LogP contribution in [0.4, 0.5) is 4.79 Å². The number of carboxylic acids is 1. The van der Waals surface area contributed by atoms with Gasteiger partial charge in [0.1, 0.15) is 12.6 Å². The zero-order valence-corrected chi connectivity index (χ0v) is 18.8. The maximum Gasteiger partial charge on any atom is 0.407 e. The van der Waals surface area contributed by atoms with E-state index in [1.165, 1.54) is 0 Å². The second-order valence-electron chi connectivity index (χ2n) is 9.25. The molecule has 0 radical (unpaired) electrons. The van der Waals surface area contributed by atoms with Crippen molar-refractivity contribution in [2.45, 2.75) is 39.7 Å². The summed E-state index contributed by atoms with van der Waals surface area (Å²) in [5, 5.41) is 14.5. The molecular weight excluding hydrogens is 408 g/mol. The molecule has 1 aliphatic carbocycles. The molecule has 0 spiro atoms. The second-order valence-corrected chi connectivity index (χ2v) is 9.25. The predicted molar refractivity (Wildman–Crippen MR) is 121 cm³/mol. The number of carbonyl (C=O) groups excluding carboxylic acids is 2. The molecule has 0 heterocycles. The molecule has 2 amide bonds. The van der Waals surface area contributed by atoms with E-state index in [4.69, 9.17) is 4.74 Å². The molecule has 3 N–H and O–H groups in total. The number of carbonyl (C=O) groups is 3. The lowest BCUT2D eigenvalue weighted by atomic mass is 9.86. The summed E-state index contributed by atoms with van der Waals surface area (Å²) >= 11 is 0. The molecule has 32 heavy (non-hydrogen) atoms. The minimum absolute atomic E-state index is 0.0407. The van der Waals surface area contributed by atoms with Crippen molar-refractivity contribution in [2.24, 2.45) is 11.3 Å². The van der Waals surface area contributed by atoms with Crippen LogP contribution in [0.5, 0.6) is 0 Å². The summed E-state index contributed by atoms with van der Waals surface area (Å²) in [5.74, 6) is -2.19. The van der Waals surface area contributed by atoms with Crippen molar-refractivity contribution < 1.29 is 24.2 Å². The Labute approximate surface area is 188 Å². The molecule has 0 aliphatic heterocycles. The number of fused-ring (bicyclic) bond motifs is 3. The maximum absolute atomic E-state index is 12.4. The first-order valence-corrected chi connectivity index (χ1v) is 10.7. The van der Waals surface area contributed by atoms with E-state index < -0.39 is 35.3 Å². The summed E-state index contributed by atoms with van der Waals surface area (Å²) in [6.07, 6.45) is -0.614. The summed E-state index contributed by atoms with van der Waals surface area (Å²) in [4.78, 5) is 36.1. The number of hydrogen-bond acceptors (Lipinski definition) is 4. The normalized spacial score (nSPS) is 14.6. The summed E-state index contributed by atoms with van der Waals surface area (Å²) < 4.78 is 5.47. The van der Waals surface area contributed by atoms with Gasteiger partial charge in [-0.2, -0.15) is 0 Å². The lowest BCUT2D eigenvalue weighted by Crippen LogP contribution is -2.51. The summed E-state index contributed by atoms with van der Waals surface area (Å²) in [6, 6.07) is 15.1. The summed E-state index contributed by atoms with van der Waals surface area (Å²) in [7, 11) is 0. The molecule has 1 aliphatic rings. The van der Waals surface area contributed by atoms with Crippen molar-refractivity contribution in [2.75, 3.05) is 13.2 Å². The van der Waals surface area contributed by atoms with Crippen LogP contribution >= 0.6 is 0 Å². The van der Waals surface area contributed by atoms with E-state index in [0.717, 1.165) is 22.3 Å². The average Bonchev–Trinajstić information content (AvgIpc) is 3.07. The average molecular weight is 439 g/mol. The molecule has 7 nitrogen and oxygen atoms in total. The number of ether oxygens (including phenoxy) is 1. The van der Waals surface area contributed by atoms with Crippen LogP contribution in [0.15, 0.2) is 48.5 Å². The number of nitrogens with one attached hydrogen (secondary N) is 2. The van der Waals surface area contributed by atoms with Gasteiger partial charge in [0.25, 0.3) is 0 Å². The fourth-order valence-electron chi connectivity index (χ4n) is 3.91. The van der Waals surface area contributed by atoms with E-state index in [2.05, 4.69) is 22.8 Å². The zero-order valence-electron chi connectivity index (χ0n) is 18.8. The van der Waals surface area contributed by atoms with Gasteiger partial charge in [0.05, 0.1) is 5.92 Å². The number of aliphatic carboxylic acids is 1. The fourth-order valence-corrected chi connectivity index (χ4v) is 3.91. The van der Waals surface area contributed by atoms with E-state index in [9.17, 15) is 19.5 Å². The first-order valence-electron chi connectivity index (χ1n) is 10.7. The standard InChI is InChI=1S/C25H30N2O5/c1-15(22(28)27-21(23(29)30)25(2,3)4)13-26-24(31)32-14-20-18-11-7-5-9-16(18)17-10-6-8-12-19(17)20/h5-12,15,20-21H,13-14H2,1-4H3,(H,26,31)(H,27,28)(H,29,30)/t15?,21-/m1/s1. The minimum Gasteiger partial charge on any atom is -0.480 e. The van der Waals surface area contributed by atoms with Crippen LogP contribution in [0, 0.1) is 11.3 Å².